The highest BCUT2D eigenvalue weighted by atomic mass is 35.5. The van der Waals surface area contributed by atoms with Crippen LogP contribution in [-0.2, 0) is 9.53 Å². The molecular formula is C16H13Cl3N2O3. The van der Waals surface area contributed by atoms with Gasteiger partial charge in [-0.25, -0.2) is 4.79 Å². The maximum atomic E-state index is 12.1. The predicted molar refractivity (Wildman–Crippen MR) is 95.8 cm³/mol. The lowest BCUT2D eigenvalue weighted by molar-refractivity contribution is -0.123. The average molecular weight is 388 g/mol. The Morgan fingerprint density at radius 3 is 2.54 bits per heavy atom. The molecule has 24 heavy (non-hydrogen) atoms. The topological polar surface area (TPSA) is 81.4 Å². The summed E-state index contributed by atoms with van der Waals surface area (Å²) in [5, 5.41) is 3.44. The number of carbonyl (C=O) groups is 2. The smallest absolute Gasteiger partial charge is 0.341 e. The van der Waals surface area contributed by atoms with Gasteiger partial charge in [0.15, 0.2) is 6.10 Å². The molecule has 0 aliphatic carbocycles. The lowest BCUT2D eigenvalue weighted by Crippen LogP contribution is -2.30. The summed E-state index contributed by atoms with van der Waals surface area (Å²) in [6.07, 6.45) is -1.07. The van der Waals surface area contributed by atoms with Crippen molar-refractivity contribution in [3.63, 3.8) is 0 Å². The maximum Gasteiger partial charge on any atom is 0.341 e. The zero-order chi connectivity index (χ0) is 17.9. The predicted octanol–water partition coefficient (Wildman–Crippen LogP) is 4.41. The standard InChI is InChI=1S/C16H13Cl3N2O3/c1-8(15(22)21-13-4-2-3-11(18)14(13)19)24-16(23)10-6-5-9(17)7-12(10)20/h2-8H,20H2,1H3,(H,21,22)/t8-/m1/s1. The van der Waals surface area contributed by atoms with E-state index in [0.717, 1.165) is 0 Å². The van der Waals surface area contributed by atoms with E-state index in [9.17, 15) is 9.59 Å². The fourth-order valence-corrected chi connectivity index (χ4v) is 2.36. The molecule has 0 unspecified atom stereocenters. The van der Waals surface area contributed by atoms with Crippen LogP contribution in [0, 0.1) is 0 Å². The number of anilines is 2. The first-order chi connectivity index (χ1) is 11.3. The molecule has 0 fully saturated rings. The van der Waals surface area contributed by atoms with E-state index in [-0.39, 0.29) is 16.3 Å². The van der Waals surface area contributed by atoms with Crippen molar-refractivity contribution in [3.8, 4) is 0 Å². The maximum absolute atomic E-state index is 12.1. The quantitative estimate of drug-likeness (QED) is 0.601. The summed E-state index contributed by atoms with van der Waals surface area (Å²) in [5.41, 5.74) is 6.33. The molecule has 0 aromatic heterocycles. The number of nitrogens with one attached hydrogen (secondary N) is 1. The van der Waals surface area contributed by atoms with Crippen LogP contribution in [0.5, 0.6) is 0 Å². The van der Waals surface area contributed by atoms with Crippen molar-refractivity contribution in [2.24, 2.45) is 0 Å². The van der Waals surface area contributed by atoms with Crippen LogP contribution in [0.3, 0.4) is 0 Å². The number of amides is 1. The third-order valence-electron chi connectivity index (χ3n) is 3.10. The largest absolute Gasteiger partial charge is 0.449 e. The van der Waals surface area contributed by atoms with E-state index in [1.807, 2.05) is 0 Å². The molecule has 0 spiro atoms. The summed E-state index contributed by atoms with van der Waals surface area (Å²) in [6, 6.07) is 9.16. The Morgan fingerprint density at radius 2 is 1.88 bits per heavy atom. The van der Waals surface area contributed by atoms with Gasteiger partial charge in [-0.3, -0.25) is 4.79 Å². The number of ether oxygens (including phenoxy) is 1. The first-order valence-electron chi connectivity index (χ1n) is 6.80. The van der Waals surface area contributed by atoms with Gasteiger partial charge in [0.25, 0.3) is 5.91 Å². The monoisotopic (exact) mass is 386 g/mol. The highest BCUT2D eigenvalue weighted by Gasteiger charge is 2.21. The summed E-state index contributed by atoms with van der Waals surface area (Å²) in [7, 11) is 0. The second-order valence-electron chi connectivity index (χ2n) is 4.87. The minimum absolute atomic E-state index is 0.125. The van der Waals surface area contributed by atoms with Crippen LogP contribution < -0.4 is 11.1 Å². The molecule has 0 saturated heterocycles. The van der Waals surface area contributed by atoms with E-state index in [1.165, 1.54) is 25.1 Å². The van der Waals surface area contributed by atoms with E-state index in [1.54, 1.807) is 18.2 Å². The highest BCUT2D eigenvalue weighted by molar-refractivity contribution is 6.44. The van der Waals surface area contributed by atoms with Gasteiger partial charge >= 0.3 is 5.97 Å². The molecule has 1 amide bonds. The Labute approximate surface area is 153 Å². The van der Waals surface area contributed by atoms with E-state index in [0.29, 0.717) is 15.7 Å². The Hall–Kier alpha value is -1.95. The van der Waals surface area contributed by atoms with Gasteiger partial charge in [0.1, 0.15) is 0 Å². The van der Waals surface area contributed by atoms with Gasteiger partial charge in [-0.15, -0.1) is 0 Å². The van der Waals surface area contributed by atoms with Crippen LogP contribution in [0.4, 0.5) is 11.4 Å². The summed E-state index contributed by atoms with van der Waals surface area (Å²) in [5.74, 6) is -1.29. The molecule has 2 rings (SSSR count). The molecule has 0 aliphatic rings. The number of halogens is 3. The number of nitrogen functional groups attached to an aromatic ring is 1. The molecule has 5 nitrogen and oxygen atoms in total. The van der Waals surface area contributed by atoms with E-state index >= 15 is 0 Å². The Bertz CT molecular complexity index is 796. The van der Waals surface area contributed by atoms with Gasteiger partial charge < -0.3 is 15.8 Å². The minimum atomic E-state index is -1.07. The van der Waals surface area contributed by atoms with Crippen LogP contribution in [-0.4, -0.2) is 18.0 Å². The minimum Gasteiger partial charge on any atom is -0.449 e. The SMILES string of the molecule is C[C@@H](OC(=O)c1ccc(Cl)cc1N)C(=O)Nc1cccc(Cl)c1Cl. The van der Waals surface area contributed by atoms with Gasteiger partial charge in [-0.1, -0.05) is 40.9 Å². The van der Waals surface area contributed by atoms with Crippen molar-refractivity contribution < 1.29 is 14.3 Å². The zero-order valence-electron chi connectivity index (χ0n) is 12.5. The van der Waals surface area contributed by atoms with Gasteiger partial charge in [0.05, 0.1) is 21.3 Å². The number of rotatable bonds is 4. The molecule has 0 aliphatic heterocycles. The average Bonchev–Trinajstić information content (AvgIpc) is 2.51. The number of benzene rings is 2. The number of nitrogens with two attached hydrogens (primary N) is 1. The molecule has 126 valence electrons. The molecule has 0 saturated carbocycles. The molecule has 0 bridgehead atoms. The number of esters is 1. The first-order valence-corrected chi connectivity index (χ1v) is 7.94. The van der Waals surface area contributed by atoms with Crippen LogP contribution in [0.15, 0.2) is 36.4 Å². The Kier molecular flexibility index (Phi) is 5.94. The molecule has 2 aromatic carbocycles. The highest BCUT2D eigenvalue weighted by Crippen LogP contribution is 2.29. The van der Waals surface area contributed by atoms with Crippen molar-refractivity contribution in [2.75, 3.05) is 11.1 Å². The molecule has 3 N–H and O–H groups in total. The third-order valence-corrected chi connectivity index (χ3v) is 4.15. The summed E-state index contributed by atoms with van der Waals surface area (Å²) in [4.78, 5) is 24.2. The van der Waals surface area contributed by atoms with Crippen molar-refractivity contribution in [1.29, 1.82) is 0 Å². The van der Waals surface area contributed by atoms with Crippen molar-refractivity contribution >= 4 is 58.1 Å². The Balaban J connectivity index is 2.06. The van der Waals surface area contributed by atoms with Crippen LogP contribution in [0.2, 0.25) is 15.1 Å². The lowest BCUT2D eigenvalue weighted by Gasteiger charge is -2.15. The zero-order valence-corrected chi connectivity index (χ0v) is 14.7. The van der Waals surface area contributed by atoms with E-state index < -0.39 is 18.0 Å². The Morgan fingerprint density at radius 1 is 1.17 bits per heavy atom. The summed E-state index contributed by atoms with van der Waals surface area (Å²) < 4.78 is 5.11. The molecule has 2 aromatic rings. The number of hydrogen-bond donors (Lipinski definition) is 2. The van der Waals surface area contributed by atoms with E-state index in [4.69, 9.17) is 45.3 Å². The van der Waals surface area contributed by atoms with Crippen LogP contribution in [0.1, 0.15) is 17.3 Å². The van der Waals surface area contributed by atoms with E-state index in [2.05, 4.69) is 5.32 Å². The van der Waals surface area contributed by atoms with Crippen LogP contribution >= 0.6 is 34.8 Å². The van der Waals surface area contributed by atoms with Gasteiger partial charge in [0, 0.05) is 10.7 Å². The normalized spacial score (nSPS) is 11.7. The molecule has 0 heterocycles. The first kappa shape index (κ1) is 18.4. The molecule has 8 heteroatoms. The second-order valence-corrected chi connectivity index (χ2v) is 6.09. The molecular weight excluding hydrogens is 375 g/mol. The van der Waals surface area contributed by atoms with Crippen LogP contribution in [0.25, 0.3) is 0 Å². The number of hydrogen-bond acceptors (Lipinski definition) is 4. The molecule has 0 radical (unpaired) electrons. The van der Waals surface area contributed by atoms with Gasteiger partial charge in [0.2, 0.25) is 0 Å². The third kappa shape index (κ3) is 4.32. The summed E-state index contributed by atoms with van der Waals surface area (Å²) >= 11 is 17.7. The van der Waals surface area contributed by atoms with Crippen molar-refractivity contribution in [1.82, 2.24) is 0 Å². The number of carbonyl (C=O) groups excluding carboxylic acids is 2. The van der Waals surface area contributed by atoms with Crippen molar-refractivity contribution in [2.45, 2.75) is 13.0 Å². The lowest BCUT2D eigenvalue weighted by atomic mass is 10.2. The second kappa shape index (κ2) is 7.75. The van der Waals surface area contributed by atoms with Gasteiger partial charge in [-0.05, 0) is 37.3 Å². The fraction of sp³-hybridized carbons (Fsp3) is 0.125. The fourth-order valence-electron chi connectivity index (χ4n) is 1.83. The van der Waals surface area contributed by atoms with Crippen molar-refractivity contribution in [3.05, 3.63) is 57.0 Å². The van der Waals surface area contributed by atoms with Gasteiger partial charge in [-0.2, -0.15) is 0 Å². The molecule has 1 atom stereocenters. The summed E-state index contributed by atoms with van der Waals surface area (Å²) in [6.45, 7) is 1.43.